The van der Waals surface area contributed by atoms with Gasteiger partial charge in [0.05, 0.1) is 6.61 Å². The maximum atomic E-state index is 11.1. The molecule has 0 aromatic rings. The average Bonchev–Trinajstić information content (AvgIpc) is 2.08. The summed E-state index contributed by atoms with van der Waals surface area (Å²) in [4.78, 5) is 12.9. The maximum Gasteiger partial charge on any atom is 0.224 e. The number of carbonyl (C=O) groups is 1. The molecule has 0 radical (unpaired) electrons. The van der Waals surface area contributed by atoms with Gasteiger partial charge in [0.25, 0.3) is 0 Å². The van der Waals surface area contributed by atoms with Gasteiger partial charge in [-0.3, -0.25) is 4.79 Å². The summed E-state index contributed by atoms with van der Waals surface area (Å²) in [6, 6.07) is 0. The normalized spacial score (nSPS) is 17.9. The van der Waals surface area contributed by atoms with E-state index in [1.807, 2.05) is 4.90 Å². The fraction of sp³-hybridized carbons (Fsp3) is 0.909. The molecule has 15 heavy (non-hydrogen) atoms. The van der Waals surface area contributed by atoms with E-state index in [2.05, 4.69) is 33.9 Å². The molecule has 0 saturated carbocycles. The Balaban J connectivity index is 2.27. The van der Waals surface area contributed by atoms with Gasteiger partial charge in [-0.15, -0.1) is 0 Å². The van der Waals surface area contributed by atoms with Crippen LogP contribution in [0.4, 0.5) is 0 Å². The average molecular weight is 229 g/mol. The molecule has 1 rings (SSSR count). The van der Waals surface area contributed by atoms with Crippen molar-refractivity contribution >= 4 is 14.2 Å². The van der Waals surface area contributed by atoms with E-state index in [9.17, 15) is 4.79 Å². The molecule has 1 heterocycles. The van der Waals surface area contributed by atoms with Crippen LogP contribution in [0.5, 0.6) is 0 Å². The minimum atomic E-state index is -1.62. The minimum Gasteiger partial charge on any atom is -0.415 e. The first kappa shape index (κ1) is 12.7. The standard InChI is InChI=1S/C11H23NO2Si/c1-11(2,3)15(4,5)14-9-8-12-7-6-10(12)13/h6-9H2,1-5H3. The van der Waals surface area contributed by atoms with Gasteiger partial charge >= 0.3 is 0 Å². The summed E-state index contributed by atoms with van der Waals surface area (Å²) in [6.07, 6.45) is 0.722. The monoisotopic (exact) mass is 229 g/mol. The van der Waals surface area contributed by atoms with Crippen molar-refractivity contribution in [3.8, 4) is 0 Å². The van der Waals surface area contributed by atoms with Crippen LogP contribution in [0.1, 0.15) is 27.2 Å². The second-order valence-electron chi connectivity index (χ2n) is 5.74. The number of nitrogens with zero attached hydrogens (tertiary/aromatic N) is 1. The van der Waals surface area contributed by atoms with Crippen LogP contribution in [-0.4, -0.2) is 38.8 Å². The highest BCUT2D eigenvalue weighted by atomic mass is 28.4. The van der Waals surface area contributed by atoms with Crippen LogP contribution in [0.15, 0.2) is 0 Å². The third-order valence-corrected chi connectivity index (χ3v) is 8.12. The van der Waals surface area contributed by atoms with E-state index in [0.29, 0.717) is 6.61 Å². The van der Waals surface area contributed by atoms with Gasteiger partial charge < -0.3 is 9.33 Å². The number of likely N-dealkylation sites (tertiary alicyclic amines) is 1. The molecule has 0 aliphatic carbocycles. The summed E-state index contributed by atoms with van der Waals surface area (Å²) in [5.41, 5.74) is 0. The molecule has 1 fully saturated rings. The third kappa shape index (κ3) is 3.05. The van der Waals surface area contributed by atoms with Crippen molar-refractivity contribution < 1.29 is 9.22 Å². The van der Waals surface area contributed by atoms with E-state index in [4.69, 9.17) is 4.43 Å². The van der Waals surface area contributed by atoms with Crippen molar-refractivity contribution in [2.24, 2.45) is 0 Å². The summed E-state index contributed by atoms with van der Waals surface area (Å²) in [6.45, 7) is 13.6. The fourth-order valence-electron chi connectivity index (χ4n) is 1.23. The Morgan fingerprint density at radius 1 is 1.40 bits per heavy atom. The van der Waals surface area contributed by atoms with Crippen molar-refractivity contribution in [1.29, 1.82) is 0 Å². The van der Waals surface area contributed by atoms with Crippen LogP contribution in [-0.2, 0) is 9.22 Å². The molecule has 0 bridgehead atoms. The van der Waals surface area contributed by atoms with E-state index >= 15 is 0 Å². The zero-order chi connectivity index (χ0) is 11.7. The zero-order valence-corrected chi connectivity index (χ0v) is 11.6. The second-order valence-corrected chi connectivity index (χ2v) is 10.5. The first-order valence-corrected chi connectivity index (χ1v) is 8.56. The lowest BCUT2D eigenvalue weighted by Crippen LogP contribution is -2.47. The summed E-state index contributed by atoms with van der Waals surface area (Å²) in [5.74, 6) is 0.272. The van der Waals surface area contributed by atoms with Crippen molar-refractivity contribution in [1.82, 2.24) is 4.90 Å². The van der Waals surface area contributed by atoms with Crippen LogP contribution < -0.4 is 0 Å². The van der Waals surface area contributed by atoms with Gasteiger partial charge in [0.2, 0.25) is 5.91 Å². The third-order valence-electron chi connectivity index (χ3n) is 3.58. The number of amides is 1. The number of hydrogen-bond donors (Lipinski definition) is 0. The summed E-state index contributed by atoms with van der Waals surface area (Å²) in [5, 5.41) is 0.256. The minimum absolute atomic E-state index is 0.256. The van der Waals surface area contributed by atoms with E-state index < -0.39 is 8.32 Å². The molecule has 0 aromatic carbocycles. The number of hydrogen-bond acceptors (Lipinski definition) is 2. The van der Waals surface area contributed by atoms with E-state index in [1.165, 1.54) is 0 Å². The molecule has 3 nitrogen and oxygen atoms in total. The Morgan fingerprint density at radius 2 is 2.00 bits per heavy atom. The van der Waals surface area contributed by atoms with Crippen LogP contribution in [0.2, 0.25) is 18.1 Å². The molecule has 0 unspecified atom stereocenters. The van der Waals surface area contributed by atoms with Gasteiger partial charge in [-0.25, -0.2) is 0 Å². The van der Waals surface area contributed by atoms with Crippen molar-refractivity contribution in [3.05, 3.63) is 0 Å². The van der Waals surface area contributed by atoms with Crippen LogP contribution >= 0.6 is 0 Å². The maximum absolute atomic E-state index is 11.1. The molecule has 0 atom stereocenters. The predicted octanol–water partition coefficient (Wildman–Crippen LogP) is 2.24. The largest absolute Gasteiger partial charge is 0.415 e. The summed E-state index contributed by atoms with van der Waals surface area (Å²) >= 11 is 0. The highest BCUT2D eigenvalue weighted by molar-refractivity contribution is 6.74. The summed E-state index contributed by atoms with van der Waals surface area (Å²) < 4.78 is 5.99. The molecule has 1 aliphatic heterocycles. The van der Waals surface area contributed by atoms with E-state index in [1.54, 1.807) is 0 Å². The molecule has 4 heteroatoms. The van der Waals surface area contributed by atoms with Crippen molar-refractivity contribution in [2.45, 2.75) is 45.3 Å². The zero-order valence-electron chi connectivity index (χ0n) is 10.6. The lowest BCUT2D eigenvalue weighted by atomic mass is 10.2. The van der Waals surface area contributed by atoms with Gasteiger partial charge in [0, 0.05) is 19.5 Å². The summed E-state index contributed by atoms with van der Waals surface area (Å²) in [7, 11) is -1.62. The molecular formula is C11H23NO2Si. The Morgan fingerprint density at radius 3 is 2.33 bits per heavy atom. The molecular weight excluding hydrogens is 206 g/mol. The van der Waals surface area contributed by atoms with E-state index in [-0.39, 0.29) is 10.9 Å². The van der Waals surface area contributed by atoms with Gasteiger partial charge in [-0.2, -0.15) is 0 Å². The first-order valence-electron chi connectivity index (χ1n) is 5.66. The molecule has 1 aliphatic rings. The van der Waals surface area contributed by atoms with Gasteiger partial charge in [0.15, 0.2) is 8.32 Å². The first-order chi connectivity index (χ1) is 6.74. The van der Waals surface area contributed by atoms with Crippen LogP contribution in [0.3, 0.4) is 0 Å². The van der Waals surface area contributed by atoms with Crippen LogP contribution in [0.25, 0.3) is 0 Å². The smallest absolute Gasteiger partial charge is 0.224 e. The van der Waals surface area contributed by atoms with Gasteiger partial charge in [-0.1, -0.05) is 20.8 Å². The molecule has 1 saturated heterocycles. The highest BCUT2D eigenvalue weighted by Gasteiger charge is 2.37. The fourth-order valence-corrected chi connectivity index (χ4v) is 2.26. The molecule has 0 spiro atoms. The molecule has 1 amide bonds. The molecule has 0 N–H and O–H groups in total. The lowest BCUT2D eigenvalue weighted by Gasteiger charge is -2.38. The van der Waals surface area contributed by atoms with Crippen molar-refractivity contribution in [2.75, 3.05) is 19.7 Å². The highest BCUT2D eigenvalue weighted by Crippen LogP contribution is 2.36. The number of rotatable bonds is 4. The van der Waals surface area contributed by atoms with Gasteiger partial charge in [-0.05, 0) is 18.1 Å². The Bertz CT molecular complexity index is 245. The van der Waals surface area contributed by atoms with Crippen molar-refractivity contribution in [3.63, 3.8) is 0 Å². The van der Waals surface area contributed by atoms with Gasteiger partial charge in [0.1, 0.15) is 0 Å². The SMILES string of the molecule is CC(C)(C)[Si](C)(C)OCCN1CCC1=O. The Kier molecular flexibility index (Phi) is 3.61. The number of carbonyl (C=O) groups excluding carboxylic acids is 1. The van der Waals surface area contributed by atoms with E-state index in [0.717, 1.165) is 19.5 Å². The predicted molar refractivity (Wildman–Crippen MR) is 64.3 cm³/mol. The Hall–Kier alpha value is -0.353. The Labute approximate surface area is 93.9 Å². The molecule has 88 valence electrons. The second kappa shape index (κ2) is 4.26. The topological polar surface area (TPSA) is 29.5 Å². The number of β-lactam (4-membered cyclic amide) rings is 1. The van der Waals surface area contributed by atoms with Crippen LogP contribution in [0, 0.1) is 0 Å². The quantitative estimate of drug-likeness (QED) is 0.546. The molecule has 0 aromatic heterocycles. The lowest BCUT2D eigenvalue weighted by molar-refractivity contribution is -0.140.